The second kappa shape index (κ2) is 8.48. The van der Waals surface area contributed by atoms with E-state index in [9.17, 15) is 0 Å². The molecular weight excluding hydrogens is 280 g/mol. The van der Waals surface area contributed by atoms with E-state index in [1.807, 2.05) is 11.8 Å². The second-order valence-electron chi connectivity index (χ2n) is 3.14. The van der Waals surface area contributed by atoms with Crippen molar-refractivity contribution >= 4 is 32.7 Å². The van der Waals surface area contributed by atoms with E-state index in [-0.39, 0.29) is 20.9 Å². The average Bonchev–Trinajstić information content (AvgIpc) is 2.02. The summed E-state index contributed by atoms with van der Waals surface area (Å²) in [5.41, 5.74) is 0. The van der Waals surface area contributed by atoms with Crippen LogP contribution in [0, 0.1) is 5.92 Å². The van der Waals surface area contributed by atoms with Crippen LogP contribution in [-0.2, 0) is 0 Å². The molecule has 0 aromatic heterocycles. The van der Waals surface area contributed by atoms with Crippen LogP contribution in [0.3, 0.4) is 0 Å². The van der Waals surface area contributed by atoms with Crippen LogP contribution in [0.2, 0.25) is 4.47 Å². The molecule has 0 amide bonds. The molecule has 0 aromatic rings. The molecule has 0 nitrogen and oxygen atoms in total. The first kappa shape index (κ1) is 12.9. The summed E-state index contributed by atoms with van der Waals surface area (Å²) in [6.07, 6.45) is 7.44. The molecule has 0 aliphatic carbocycles. The molecule has 0 bridgehead atoms. The molecule has 2 heteroatoms. The molecule has 12 heavy (non-hydrogen) atoms. The summed E-state index contributed by atoms with van der Waals surface area (Å²) in [4.78, 5) is 0. The predicted molar refractivity (Wildman–Crippen MR) is 61.9 cm³/mol. The van der Waals surface area contributed by atoms with Gasteiger partial charge in [0, 0.05) is 0 Å². The fourth-order valence-corrected chi connectivity index (χ4v) is 5.72. The quantitative estimate of drug-likeness (QED) is 0.531. The van der Waals surface area contributed by atoms with Gasteiger partial charge in [0.1, 0.15) is 0 Å². The van der Waals surface area contributed by atoms with E-state index in [2.05, 4.69) is 33.1 Å². The van der Waals surface area contributed by atoms with Gasteiger partial charge < -0.3 is 0 Å². The van der Waals surface area contributed by atoms with Crippen LogP contribution in [0.5, 0.6) is 0 Å². The monoisotopic (exact) mass is 302 g/mol. The Morgan fingerprint density at radius 3 is 2.58 bits per heavy atom. The Kier molecular flexibility index (Phi) is 9.10. The van der Waals surface area contributed by atoms with Crippen LogP contribution in [0.1, 0.15) is 33.6 Å². The zero-order chi connectivity index (χ0) is 9.40. The summed E-state index contributed by atoms with van der Waals surface area (Å²) in [6.45, 7) is 6.81. The number of unbranched alkanes of at least 4 members (excludes halogenated alkanes) is 1. The molecule has 0 atom stereocenters. The van der Waals surface area contributed by atoms with E-state index >= 15 is 0 Å². The van der Waals surface area contributed by atoms with E-state index < -0.39 is 0 Å². The van der Waals surface area contributed by atoms with Crippen molar-refractivity contribution in [1.29, 1.82) is 0 Å². The van der Waals surface area contributed by atoms with Crippen LogP contribution >= 0.6 is 11.8 Å². The molecule has 0 saturated heterocycles. The number of hydrogen-bond acceptors (Lipinski definition) is 1. The van der Waals surface area contributed by atoms with Gasteiger partial charge in [0.15, 0.2) is 0 Å². The summed E-state index contributed by atoms with van der Waals surface area (Å²) >= 11 is 2.14. The SMILES string of the molecule is CCCC[Te]/C(=C\C(C)C)SC. The van der Waals surface area contributed by atoms with Crippen LogP contribution in [-0.4, -0.2) is 27.2 Å². The predicted octanol–water partition coefficient (Wildman–Crippen LogP) is 3.77. The van der Waals surface area contributed by atoms with Gasteiger partial charge in [-0.3, -0.25) is 0 Å². The van der Waals surface area contributed by atoms with Gasteiger partial charge >= 0.3 is 92.0 Å². The van der Waals surface area contributed by atoms with Crippen molar-refractivity contribution in [3.8, 4) is 0 Å². The molecule has 0 aliphatic rings. The molecule has 0 radical (unpaired) electrons. The molecule has 0 spiro atoms. The maximum atomic E-state index is 2.45. The van der Waals surface area contributed by atoms with Crippen molar-refractivity contribution in [2.45, 2.75) is 38.1 Å². The number of rotatable bonds is 6. The topological polar surface area (TPSA) is 0 Å². The van der Waals surface area contributed by atoms with Crippen molar-refractivity contribution in [3.05, 3.63) is 9.03 Å². The third-order valence-corrected chi connectivity index (χ3v) is 6.78. The van der Waals surface area contributed by atoms with Crippen molar-refractivity contribution in [1.82, 2.24) is 0 Å². The molecule has 0 heterocycles. The van der Waals surface area contributed by atoms with Gasteiger partial charge in [0.2, 0.25) is 0 Å². The van der Waals surface area contributed by atoms with E-state index in [4.69, 9.17) is 0 Å². The first-order chi connectivity index (χ1) is 5.70. The molecule has 0 saturated carbocycles. The van der Waals surface area contributed by atoms with Gasteiger partial charge in [-0.1, -0.05) is 0 Å². The Hall–Kier alpha value is 0.880. The normalized spacial score (nSPS) is 12.6. The van der Waals surface area contributed by atoms with E-state index in [0.717, 1.165) is 5.92 Å². The second-order valence-corrected chi connectivity index (χ2v) is 8.04. The van der Waals surface area contributed by atoms with Crippen molar-refractivity contribution < 1.29 is 0 Å². The maximum absolute atomic E-state index is 2.45. The Labute approximate surface area is 91.7 Å². The standard InChI is InChI=1S/C10H20STe/c1-5-6-7-12-10(11-4)8-9(2)3/h8-9H,5-7H2,1-4H3/b10-8-. The molecule has 0 rings (SSSR count). The number of hydrogen-bond donors (Lipinski definition) is 0. The van der Waals surface area contributed by atoms with E-state index in [1.165, 1.54) is 17.3 Å². The molecule has 0 fully saturated rings. The molecule has 0 unspecified atom stereocenters. The fourth-order valence-electron chi connectivity index (χ4n) is 0.764. The summed E-state index contributed by atoms with van der Waals surface area (Å²) in [5, 5.41) is 0. The van der Waals surface area contributed by atoms with Gasteiger partial charge in [-0.2, -0.15) is 0 Å². The Morgan fingerprint density at radius 2 is 2.17 bits per heavy atom. The van der Waals surface area contributed by atoms with Crippen molar-refractivity contribution in [3.63, 3.8) is 0 Å². The van der Waals surface area contributed by atoms with Gasteiger partial charge in [-0.25, -0.2) is 0 Å². The Morgan fingerprint density at radius 1 is 1.50 bits per heavy atom. The van der Waals surface area contributed by atoms with Gasteiger partial charge in [-0.05, 0) is 0 Å². The Balaban J connectivity index is 3.67. The number of thioether (sulfide) groups is 1. The van der Waals surface area contributed by atoms with Gasteiger partial charge in [0.25, 0.3) is 0 Å². The van der Waals surface area contributed by atoms with Crippen LogP contribution < -0.4 is 0 Å². The van der Waals surface area contributed by atoms with Crippen LogP contribution in [0.15, 0.2) is 9.03 Å². The molecule has 0 aromatic carbocycles. The summed E-state index contributed by atoms with van der Waals surface area (Å²) in [7, 11) is 0. The first-order valence-electron chi connectivity index (χ1n) is 4.59. The van der Waals surface area contributed by atoms with Crippen molar-refractivity contribution in [2.24, 2.45) is 5.92 Å². The summed E-state index contributed by atoms with van der Waals surface area (Å²) < 4.78 is 3.19. The molecular formula is C10H20STe. The number of allylic oxidation sites excluding steroid dienone is 1. The molecule has 72 valence electrons. The molecule has 0 N–H and O–H groups in total. The summed E-state index contributed by atoms with van der Waals surface area (Å²) in [6, 6.07) is 0. The third-order valence-electron chi connectivity index (χ3n) is 1.41. The minimum absolute atomic E-state index is 0.172. The first-order valence-corrected chi connectivity index (χ1v) is 8.63. The van der Waals surface area contributed by atoms with Crippen LogP contribution in [0.4, 0.5) is 0 Å². The minimum atomic E-state index is 0.172. The van der Waals surface area contributed by atoms with Gasteiger partial charge in [-0.15, -0.1) is 0 Å². The zero-order valence-electron chi connectivity index (χ0n) is 8.59. The zero-order valence-corrected chi connectivity index (χ0v) is 11.7. The average molecular weight is 300 g/mol. The van der Waals surface area contributed by atoms with Gasteiger partial charge in [0.05, 0.1) is 0 Å². The van der Waals surface area contributed by atoms with E-state index in [1.54, 1.807) is 2.95 Å². The Bertz CT molecular complexity index is 130. The van der Waals surface area contributed by atoms with Crippen molar-refractivity contribution in [2.75, 3.05) is 6.26 Å². The van der Waals surface area contributed by atoms with E-state index in [0.29, 0.717) is 0 Å². The molecule has 0 aliphatic heterocycles. The van der Waals surface area contributed by atoms with Crippen LogP contribution in [0.25, 0.3) is 0 Å². The summed E-state index contributed by atoms with van der Waals surface area (Å²) in [5.74, 6) is 0.735. The third kappa shape index (κ3) is 7.52. The fraction of sp³-hybridized carbons (Fsp3) is 0.800.